The van der Waals surface area contributed by atoms with Gasteiger partial charge in [-0.3, -0.25) is 9.69 Å². The number of nitrogens with zero attached hydrogens (tertiary/aromatic N) is 1. The van der Waals surface area contributed by atoms with Gasteiger partial charge in [0.25, 0.3) is 0 Å². The molecule has 114 valence electrons. The van der Waals surface area contributed by atoms with E-state index in [0.717, 1.165) is 44.5 Å². The zero-order valence-corrected chi connectivity index (χ0v) is 13.1. The van der Waals surface area contributed by atoms with Crippen molar-refractivity contribution < 1.29 is 9.18 Å². The molecule has 0 spiro atoms. The number of carbonyl (C=O) groups is 1. The highest BCUT2D eigenvalue weighted by molar-refractivity contribution is 7.80. The molecule has 1 saturated carbocycles. The number of likely N-dealkylation sites (tertiary alicyclic amines) is 1. The molecule has 1 heterocycles. The van der Waals surface area contributed by atoms with Crippen LogP contribution in [0.2, 0.25) is 0 Å². The molecule has 1 unspecified atom stereocenters. The van der Waals surface area contributed by atoms with Crippen molar-refractivity contribution in [1.29, 1.82) is 0 Å². The van der Waals surface area contributed by atoms with Crippen molar-refractivity contribution in [3.8, 4) is 0 Å². The van der Waals surface area contributed by atoms with Crippen molar-refractivity contribution in [2.45, 2.75) is 31.7 Å². The van der Waals surface area contributed by atoms with Gasteiger partial charge in [-0.15, -0.1) is 0 Å². The maximum absolute atomic E-state index is 14.2. The molecular weight excluding hydrogens is 285 g/mol. The summed E-state index contributed by atoms with van der Waals surface area (Å²) in [5.74, 6) is 1.63. The van der Waals surface area contributed by atoms with Gasteiger partial charge in [0.05, 0.1) is 6.04 Å². The van der Waals surface area contributed by atoms with Gasteiger partial charge in [-0.1, -0.05) is 18.2 Å². The van der Waals surface area contributed by atoms with Gasteiger partial charge in [0.1, 0.15) is 5.82 Å². The van der Waals surface area contributed by atoms with E-state index >= 15 is 0 Å². The van der Waals surface area contributed by atoms with Gasteiger partial charge in [-0.2, -0.15) is 12.6 Å². The van der Waals surface area contributed by atoms with E-state index in [9.17, 15) is 9.18 Å². The Morgan fingerprint density at radius 1 is 1.24 bits per heavy atom. The minimum absolute atomic E-state index is 0.150. The van der Waals surface area contributed by atoms with Crippen LogP contribution in [0.5, 0.6) is 0 Å². The van der Waals surface area contributed by atoms with E-state index in [1.54, 1.807) is 12.1 Å². The van der Waals surface area contributed by atoms with Crippen LogP contribution in [-0.4, -0.2) is 29.5 Å². The zero-order chi connectivity index (χ0) is 14.8. The molecule has 2 aliphatic rings. The van der Waals surface area contributed by atoms with E-state index in [1.807, 2.05) is 6.07 Å². The largest absolute Gasteiger partial charge is 0.297 e. The SMILES string of the molecule is O=C(C1CC1)C(c1ccccc1F)N1CCC(CS)CC1. The normalized spacial score (nSPS) is 22.2. The van der Waals surface area contributed by atoms with Crippen LogP contribution in [0.4, 0.5) is 4.39 Å². The third-order valence-electron chi connectivity index (χ3n) is 4.72. The summed E-state index contributed by atoms with van der Waals surface area (Å²) in [5.41, 5.74) is 0.554. The van der Waals surface area contributed by atoms with Crippen molar-refractivity contribution in [2.75, 3.05) is 18.8 Å². The number of thiol groups is 1. The van der Waals surface area contributed by atoms with E-state index in [-0.39, 0.29) is 23.6 Å². The quantitative estimate of drug-likeness (QED) is 0.840. The Hall–Kier alpha value is -0.870. The second kappa shape index (κ2) is 6.49. The van der Waals surface area contributed by atoms with E-state index in [2.05, 4.69) is 17.5 Å². The summed E-state index contributed by atoms with van der Waals surface area (Å²) in [4.78, 5) is 14.9. The molecule has 21 heavy (non-hydrogen) atoms. The second-order valence-electron chi connectivity index (χ2n) is 6.26. The van der Waals surface area contributed by atoms with Gasteiger partial charge >= 0.3 is 0 Å². The van der Waals surface area contributed by atoms with E-state index in [1.165, 1.54) is 6.07 Å². The topological polar surface area (TPSA) is 20.3 Å². The monoisotopic (exact) mass is 307 g/mol. The molecule has 0 aromatic heterocycles. The summed E-state index contributed by atoms with van der Waals surface area (Å²) in [6, 6.07) is 6.35. The molecular formula is C17H22FNOS. The molecule has 1 saturated heterocycles. The highest BCUT2D eigenvalue weighted by atomic mass is 32.1. The molecule has 4 heteroatoms. The van der Waals surface area contributed by atoms with Gasteiger partial charge in [0.15, 0.2) is 5.78 Å². The summed E-state index contributed by atoms with van der Waals surface area (Å²) >= 11 is 4.37. The predicted molar refractivity (Wildman–Crippen MR) is 85.0 cm³/mol. The number of piperidine rings is 1. The lowest BCUT2D eigenvalue weighted by Gasteiger charge is -2.37. The van der Waals surface area contributed by atoms with Gasteiger partial charge in [0.2, 0.25) is 0 Å². The smallest absolute Gasteiger partial charge is 0.157 e. The van der Waals surface area contributed by atoms with E-state index in [0.29, 0.717) is 11.5 Å². The number of benzene rings is 1. The van der Waals surface area contributed by atoms with Gasteiger partial charge in [-0.25, -0.2) is 4.39 Å². The first-order valence-electron chi connectivity index (χ1n) is 7.83. The van der Waals surface area contributed by atoms with Crippen LogP contribution < -0.4 is 0 Å². The summed E-state index contributed by atoms with van der Waals surface area (Å²) in [6.45, 7) is 1.73. The summed E-state index contributed by atoms with van der Waals surface area (Å²) < 4.78 is 14.2. The number of halogens is 1. The number of ketones is 1. The van der Waals surface area contributed by atoms with Crippen LogP contribution in [0.25, 0.3) is 0 Å². The van der Waals surface area contributed by atoms with E-state index in [4.69, 9.17) is 0 Å². The molecule has 0 bridgehead atoms. The number of hydrogen-bond donors (Lipinski definition) is 1. The van der Waals surface area contributed by atoms with Crippen LogP contribution in [0, 0.1) is 17.7 Å². The van der Waals surface area contributed by atoms with Gasteiger partial charge in [-0.05, 0) is 56.5 Å². The fourth-order valence-corrected chi connectivity index (χ4v) is 3.58. The Kier molecular flexibility index (Phi) is 4.65. The van der Waals surface area contributed by atoms with Crippen molar-refractivity contribution in [1.82, 2.24) is 4.90 Å². The lowest BCUT2D eigenvalue weighted by Crippen LogP contribution is -2.41. The molecule has 0 N–H and O–H groups in total. The number of rotatable bonds is 5. The molecule has 1 aromatic carbocycles. The summed E-state index contributed by atoms with van der Waals surface area (Å²) in [6.07, 6.45) is 4.03. The Bertz CT molecular complexity index is 509. The van der Waals surface area contributed by atoms with Crippen molar-refractivity contribution in [3.05, 3.63) is 35.6 Å². The van der Waals surface area contributed by atoms with Gasteiger partial charge in [0, 0.05) is 11.5 Å². The Balaban J connectivity index is 1.83. The standard InChI is InChI=1S/C17H22FNOS/c18-15-4-2-1-3-14(15)16(17(20)13-5-6-13)19-9-7-12(11-21)8-10-19/h1-4,12-13,16,21H,5-11H2. The average Bonchev–Trinajstić information content (AvgIpc) is 3.35. The molecule has 2 nitrogen and oxygen atoms in total. The first kappa shape index (κ1) is 15.0. The van der Waals surface area contributed by atoms with Crippen molar-refractivity contribution in [3.63, 3.8) is 0 Å². The fraction of sp³-hybridized carbons (Fsp3) is 0.588. The molecule has 1 aliphatic carbocycles. The second-order valence-corrected chi connectivity index (χ2v) is 6.63. The minimum Gasteiger partial charge on any atom is -0.297 e. The molecule has 2 fully saturated rings. The molecule has 1 aromatic rings. The number of carbonyl (C=O) groups excluding carboxylic acids is 1. The molecule has 1 atom stereocenters. The first-order valence-corrected chi connectivity index (χ1v) is 8.47. The third-order valence-corrected chi connectivity index (χ3v) is 5.24. The highest BCUT2D eigenvalue weighted by Crippen LogP contribution is 2.39. The van der Waals surface area contributed by atoms with Crippen molar-refractivity contribution >= 4 is 18.4 Å². The lowest BCUT2D eigenvalue weighted by atomic mass is 9.92. The summed E-state index contributed by atoms with van der Waals surface area (Å²) in [7, 11) is 0. The predicted octanol–water partition coefficient (Wildman–Crippen LogP) is 3.49. The van der Waals surface area contributed by atoms with Crippen LogP contribution in [0.3, 0.4) is 0 Å². The Morgan fingerprint density at radius 3 is 2.48 bits per heavy atom. The third kappa shape index (κ3) is 3.32. The van der Waals surface area contributed by atoms with Crippen LogP contribution >= 0.6 is 12.6 Å². The van der Waals surface area contributed by atoms with Crippen LogP contribution in [-0.2, 0) is 4.79 Å². The molecule has 0 radical (unpaired) electrons. The highest BCUT2D eigenvalue weighted by Gasteiger charge is 2.40. The fourth-order valence-electron chi connectivity index (χ4n) is 3.21. The number of Topliss-reactive ketones (excluding diaryl/α,β-unsaturated/α-hetero) is 1. The molecule has 0 amide bonds. The molecule has 3 rings (SSSR count). The maximum Gasteiger partial charge on any atom is 0.157 e. The Labute approximate surface area is 131 Å². The Morgan fingerprint density at radius 2 is 1.90 bits per heavy atom. The minimum atomic E-state index is -0.389. The summed E-state index contributed by atoms with van der Waals surface area (Å²) in [5, 5.41) is 0. The van der Waals surface area contributed by atoms with Crippen molar-refractivity contribution in [2.24, 2.45) is 11.8 Å². The first-order chi connectivity index (χ1) is 10.2. The lowest BCUT2D eigenvalue weighted by molar-refractivity contribution is -0.126. The zero-order valence-electron chi connectivity index (χ0n) is 12.2. The van der Waals surface area contributed by atoms with Gasteiger partial charge < -0.3 is 0 Å². The molecule has 1 aliphatic heterocycles. The van der Waals surface area contributed by atoms with Crippen LogP contribution in [0.1, 0.15) is 37.3 Å². The number of hydrogen-bond acceptors (Lipinski definition) is 3. The maximum atomic E-state index is 14.2. The van der Waals surface area contributed by atoms with E-state index < -0.39 is 0 Å². The van der Waals surface area contributed by atoms with Crippen LogP contribution in [0.15, 0.2) is 24.3 Å². The average molecular weight is 307 g/mol.